The predicted octanol–water partition coefficient (Wildman–Crippen LogP) is 2.24. The summed E-state index contributed by atoms with van der Waals surface area (Å²) in [7, 11) is -1.57. The zero-order valence-corrected chi connectivity index (χ0v) is 16.6. The lowest BCUT2D eigenvalue weighted by atomic mass is 9.81. The van der Waals surface area contributed by atoms with E-state index >= 15 is 0 Å². The van der Waals surface area contributed by atoms with Gasteiger partial charge in [0.25, 0.3) is 0 Å². The number of fused-ring (bicyclic) bond motifs is 2. The first-order chi connectivity index (χ1) is 13.6. The smallest absolute Gasteiger partial charge is 0.356 e. The molecule has 0 aromatic carbocycles. The maximum Gasteiger partial charge on any atom is 0.392 e. The molecule has 0 amide bonds. The molecule has 3 atom stereocenters. The highest BCUT2D eigenvalue weighted by Gasteiger charge is 2.68. The molecule has 0 radical (unpaired) electrons. The number of sulfonamides is 1. The van der Waals surface area contributed by atoms with Crippen LogP contribution in [0.15, 0.2) is 18.6 Å². The van der Waals surface area contributed by atoms with E-state index in [0.29, 0.717) is 0 Å². The molecule has 2 saturated carbocycles. The van der Waals surface area contributed by atoms with Crippen molar-refractivity contribution in [1.29, 1.82) is 0 Å². The summed E-state index contributed by atoms with van der Waals surface area (Å²) in [6.07, 6.45) is 0.535. The van der Waals surface area contributed by atoms with Gasteiger partial charge in [0.15, 0.2) is 0 Å². The largest absolute Gasteiger partial charge is 0.392 e. The van der Waals surface area contributed by atoms with E-state index in [1.165, 1.54) is 10.6 Å². The molecule has 3 aliphatic rings. The average molecular weight is 429 g/mol. The van der Waals surface area contributed by atoms with Crippen LogP contribution in [0.1, 0.15) is 12.8 Å². The summed E-state index contributed by atoms with van der Waals surface area (Å²) < 4.78 is 65.0. The van der Waals surface area contributed by atoms with Crippen LogP contribution in [0.3, 0.4) is 0 Å². The van der Waals surface area contributed by atoms with Gasteiger partial charge in [-0.1, -0.05) is 0 Å². The molecule has 2 aliphatic carbocycles. The molecule has 1 saturated heterocycles. The molecule has 5 rings (SSSR count). The molecule has 0 bridgehead atoms. The molecule has 29 heavy (non-hydrogen) atoms. The number of halogens is 3. The molecule has 2 aromatic heterocycles. The van der Waals surface area contributed by atoms with E-state index in [1.54, 1.807) is 6.20 Å². The van der Waals surface area contributed by atoms with Gasteiger partial charge in [0.1, 0.15) is 17.8 Å². The van der Waals surface area contributed by atoms with Crippen LogP contribution >= 0.6 is 0 Å². The Balaban J connectivity index is 1.17. The zero-order chi connectivity index (χ0) is 20.6. The predicted molar refractivity (Wildman–Crippen MR) is 101 cm³/mol. The molecule has 2 aromatic rings. The Labute approximate surface area is 166 Å². The zero-order valence-electron chi connectivity index (χ0n) is 15.8. The van der Waals surface area contributed by atoms with Crippen LogP contribution in [0.4, 0.5) is 19.0 Å². The Bertz CT molecular complexity index is 1020. The molecular formula is C18H22F3N5O2S. The quantitative estimate of drug-likeness (QED) is 0.788. The third-order valence-electron chi connectivity index (χ3n) is 6.80. The molecule has 11 heteroatoms. The fourth-order valence-electron chi connectivity index (χ4n) is 5.07. The van der Waals surface area contributed by atoms with Gasteiger partial charge in [0, 0.05) is 32.4 Å². The summed E-state index contributed by atoms with van der Waals surface area (Å²) >= 11 is 0. The minimum atomic E-state index is -4.21. The highest BCUT2D eigenvalue weighted by atomic mass is 32.2. The van der Waals surface area contributed by atoms with Gasteiger partial charge in [-0.2, -0.15) is 13.2 Å². The SMILES string of the molecule is CN(c1ncnc2[nH]ccc12)C1CC(CS(=O)(=O)N2C[C@@H]3C(C(F)(F)F)[C@@H]3C2)C1. The van der Waals surface area contributed by atoms with Crippen LogP contribution in [0.2, 0.25) is 0 Å². The first-order valence-corrected chi connectivity index (χ1v) is 11.3. The number of hydrogen-bond donors (Lipinski definition) is 1. The Hall–Kier alpha value is -1.88. The molecule has 158 valence electrons. The van der Waals surface area contributed by atoms with E-state index in [1.807, 2.05) is 13.1 Å². The average Bonchev–Trinajstić information content (AvgIpc) is 2.98. The number of nitrogens with one attached hydrogen (secondary N) is 1. The van der Waals surface area contributed by atoms with Crippen LogP contribution in [0.5, 0.6) is 0 Å². The van der Waals surface area contributed by atoms with Crippen molar-refractivity contribution in [2.24, 2.45) is 23.7 Å². The number of hydrogen-bond acceptors (Lipinski definition) is 5. The van der Waals surface area contributed by atoms with Crippen molar-refractivity contribution in [3.05, 3.63) is 18.6 Å². The van der Waals surface area contributed by atoms with Gasteiger partial charge in [-0.05, 0) is 36.7 Å². The highest BCUT2D eigenvalue weighted by Crippen LogP contribution is 2.59. The topological polar surface area (TPSA) is 82.2 Å². The lowest BCUT2D eigenvalue weighted by Crippen LogP contribution is -2.47. The number of aromatic nitrogens is 3. The van der Waals surface area contributed by atoms with Gasteiger partial charge in [-0.15, -0.1) is 0 Å². The minimum Gasteiger partial charge on any atom is -0.356 e. The van der Waals surface area contributed by atoms with E-state index in [4.69, 9.17) is 0 Å². The Morgan fingerprint density at radius 1 is 1.24 bits per heavy atom. The first-order valence-electron chi connectivity index (χ1n) is 9.70. The van der Waals surface area contributed by atoms with Crippen LogP contribution in [-0.4, -0.2) is 65.8 Å². The van der Waals surface area contributed by atoms with E-state index in [9.17, 15) is 21.6 Å². The number of piperidine rings is 1. The number of rotatable bonds is 5. The second-order valence-corrected chi connectivity index (χ2v) is 10.5. The van der Waals surface area contributed by atoms with Crippen molar-refractivity contribution < 1.29 is 21.6 Å². The fraction of sp³-hybridized carbons (Fsp3) is 0.667. The maximum absolute atomic E-state index is 12.8. The van der Waals surface area contributed by atoms with Gasteiger partial charge in [-0.3, -0.25) is 0 Å². The summed E-state index contributed by atoms with van der Waals surface area (Å²) in [5.41, 5.74) is 0.755. The lowest BCUT2D eigenvalue weighted by molar-refractivity contribution is -0.156. The third-order valence-corrected chi connectivity index (χ3v) is 8.78. The van der Waals surface area contributed by atoms with Crippen LogP contribution < -0.4 is 4.90 Å². The Morgan fingerprint density at radius 3 is 2.59 bits per heavy atom. The summed E-state index contributed by atoms with van der Waals surface area (Å²) in [6, 6.07) is 2.10. The van der Waals surface area contributed by atoms with Crippen molar-refractivity contribution in [3.63, 3.8) is 0 Å². The van der Waals surface area contributed by atoms with Crippen molar-refractivity contribution in [1.82, 2.24) is 19.3 Å². The monoisotopic (exact) mass is 429 g/mol. The fourth-order valence-corrected chi connectivity index (χ4v) is 6.95. The van der Waals surface area contributed by atoms with Crippen molar-refractivity contribution in [2.75, 3.05) is 30.8 Å². The molecule has 7 nitrogen and oxygen atoms in total. The summed E-state index contributed by atoms with van der Waals surface area (Å²) in [5, 5.41) is 0.918. The molecule has 1 N–H and O–H groups in total. The van der Waals surface area contributed by atoms with Gasteiger partial charge in [0.2, 0.25) is 10.0 Å². The van der Waals surface area contributed by atoms with Crippen molar-refractivity contribution in [2.45, 2.75) is 25.1 Å². The molecule has 3 heterocycles. The number of nitrogens with zero attached hydrogens (tertiary/aromatic N) is 4. The van der Waals surface area contributed by atoms with E-state index < -0.39 is 34.0 Å². The van der Waals surface area contributed by atoms with Crippen LogP contribution in [0.25, 0.3) is 11.0 Å². The van der Waals surface area contributed by atoms with Gasteiger partial charge < -0.3 is 9.88 Å². The van der Waals surface area contributed by atoms with E-state index in [-0.39, 0.29) is 30.8 Å². The number of aromatic amines is 1. The van der Waals surface area contributed by atoms with E-state index in [2.05, 4.69) is 19.9 Å². The first kappa shape index (κ1) is 19.1. The number of H-pyrrole nitrogens is 1. The molecule has 1 unspecified atom stereocenters. The van der Waals surface area contributed by atoms with Crippen molar-refractivity contribution in [3.8, 4) is 0 Å². The second-order valence-electron chi connectivity index (χ2n) is 8.53. The van der Waals surface area contributed by atoms with Crippen molar-refractivity contribution >= 4 is 26.9 Å². The van der Waals surface area contributed by atoms with Gasteiger partial charge >= 0.3 is 6.18 Å². The van der Waals surface area contributed by atoms with Gasteiger partial charge in [0.05, 0.1) is 17.1 Å². The molecule has 3 fully saturated rings. The molecular weight excluding hydrogens is 407 g/mol. The molecule has 1 aliphatic heterocycles. The standard InChI is InChI=1S/C18H22F3N5O2S/c1-25(17-12-2-3-22-16(12)23-9-24-17)11-4-10(5-11)8-29(27,28)26-6-13-14(7-26)15(13)18(19,20)21/h2-3,9-11,13-15H,4-8H2,1H3,(H,22,23,24)/t10?,11?,13-,14+,15?. The number of alkyl halides is 3. The van der Waals surface area contributed by atoms with E-state index in [0.717, 1.165) is 29.7 Å². The van der Waals surface area contributed by atoms with Crippen LogP contribution in [0, 0.1) is 23.7 Å². The van der Waals surface area contributed by atoms with Gasteiger partial charge in [-0.25, -0.2) is 22.7 Å². The normalized spacial score (nSPS) is 32.2. The summed E-state index contributed by atoms with van der Waals surface area (Å²) in [4.78, 5) is 13.6. The maximum atomic E-state index is 12.8. The second kappa shape index (κ2) is 6.31. The summed E-state index contributed by atoms with van der Waals surface area (Å²) in [6.45, 7) is 0.0271. The molecule has 0 spiro atoms. The van der Waals surface area contributed by atoms with Crippen LogP contribution in [-0.2, 0) is 10.0 Å². The third kappa shape index (κ3) is 3.18. The summed E-state index contributed by atoms with van der Waals surface area (Å²) in [5.74, 6) is -1.57. The number of anilines is 1. The highest BCUT2D eigenvalue weighted by molar-refractivity contribution is 7.89. The lowest BCUT2D eigenvalue weighted by Gasteiger charge is -2.42. The Kier molecular flexibility index (Phi) is 4.16. The minimum absolute atomic E-state index is 0.0107. The Morgan fingerprint density at radius 2 is 1.93 bits per heavy atom.